The average molecular weight is 297 g/mol. The Hall–Kier alpha value is -1.87. The number of hydrogen-bond donors (Lipinski definition) is 1. The molecule has 2 aromatic heterocycles. The molecule has 0 aliphatic heterocycles. The summed E-state index contributed by atoms with van der Waals surface area (Å²) in [5.74, 6) is -0.291. The topological polar surface area (TPSA) is 95.1 Å². The Morgan fingerprint density at radius 3 is 2.90 bits per heavy atom. The van der Waals surface area contributed by atoms with Crippen LogP contribution >= 0.6 is 11.8 Å². The van der Waals surface area contributed by atoms with Gasteiger partial charge in [-0.25, -0.2) is 0 Å². The maximum atomic E-state index is 10.7. The predicted molar refractivity (Wildman–Crippen MR) is 72.5 cm³/mol. The van der Waals surface area contributed by atoms with E-state index in [2.05, 4.69) is 15.3 Å². The Balaban J connectivity index is 2.28. The van der Waals surface area contributed by atoms with Gasteiger partial charge >= 0.3 is 5.97 Å². The Morgan fingerprint density at radius 2 is 2.30 bits per heavy atom. The maximum absolute atomic E-state index is 10.7. The quantitative estimate of drug-likeness (QED) is 0.743. The summed E-state index contributed by atoms with van der Waals surface area (Å²) in [6.07, 6.45) is 3.53. The van der Waals surface area contributed by atoms with Crippen molar-refractivity contribution in [2.75, 3.05) is 19.5 Å². The van der Waals surface area contributed by atoms with Gasteiger partial charge in [-0.05, 0) is 0 Å². The van der Waals surface area contributed by atoms with E-state index < -0.39 is 5.97 Å². The molecule has 9 heteroatoms. The molecule has 0 aliphatic rings. The number of nitrogens with zero attached hydrogens (tertiary/aromatic N) is 5. The second-order valence-corrected chi connectivity index (χ2v) is 4.98. The Labute approximate surface area is 119 Å². The normalized spacial score (nSPS) is 10.9. The average Bonchev–Trinajstić information content (AvgIpc) is 2.99. The summed E-state index contributed by atoms with van der Waals surface area (Å²) in [5, 5.41) is 21.6. The summed E-state index contributed by atoms with van der Waals surface area (Å²) in [5.41, 5.74) is 0.832. The smallest absolute Gasteiger partial charge is 0.313 e. The number of rotatable bonds is 7. The molecule has 0 bridgehead atoms. The van der Waals surface area contributed by atoms with E-state index in [0.717, 1.165) is 17.3 Å². The maximum Gasteiger partial charge on any atom is 0.313 e. The number of methoxy groups -OCH3 is 1. The minimum atomic E-state index is -0.890. The molecule has 2 aromatic rings. The Kier molecular flexibility index (Phi) is 4.74. The first kappa shape index (κ1) is 14.5. The minimum absolute atomic E-state index is 0.0574. The summed E-state index contributed by atoms with van der Waals surface area (Å²) in [6, 6.07) is 0. The molecule has 0 atom stereocenters. The van der Waals surface area contributed by atoms with Crippen LogP contribution in [0.1, 0.15) is 0 Å². The van der Waals surface area contributed by atoms with Crippen LogP contribution in [0, 0.1) is 0 Å². The highest BCUT2D eigenvalue weighted by Gasteiger charge is 2.16. The van der Waals surface area contributed by atoms with E-state index in [1.165, 1.54) is 0 Å². The van der Waals surface area contributed by atoms with Crippen LogP contribution in [0.25, 0.3) is 11.4 Å². The van der Waals surface area contributed by atoms with Crippen LogP contribution in [0.2, 0.25) is 0 Å². The first-order valence-corrected chi connectivity index (χ1v) is 6.86. The van der Waals surface area contributed by atoms with Crippen molar-refractivity contribution in [1.29, 1.82) is 0 Å². The lowest BCUT2D eigenvalue weighted by Crippen LogP contribution is -2.08. The summed E-state index contributed by atoms with van der Waals surface area (Å²) >= 11 is 1.13. The molecule has 0 amide bonds. The van der Waals surface area contributed by atoms with Gasteiger partial charge in [0.1, 0.15) is 0 Å². The SMILES string of the molecule is COCCn1c(SCC(=O)O)nnc1-c1cnn(C)c1. The standard InChI is InChI=1S/C11H15N5O3S/c1-15-6-8(5-12-15)10-13-14-11(20-7-9(17)18)16(10)3-4-19-2/h5-6H,3-4,7H2,1-2H3,(H,17,18). The van der Waals surface area contributed by atoms with Gasteiger partial charge in [0.15, 0.2) is 11.0 Å². The molecule has 0 aliphatic carbocycles. The molecule has 0 unspecified atom stereocenters. The van der Waals surface area contributed by atoms with Gasteiger partial charge < -0.3 is 9.84 Å². The highest BCUT2D eigenvalue weighted by molar-refractivity contribution is 7.99. The third-order valence-corrected chi connectivity index (χ3v) is 3.48. The molecule has 0 saturated heterocycles. The van der Waals surface area contributed by atoms with Crippen LogP contribution in [0.4, 0.5) is 0 Å². The van der Waals surface area contributed by atoms with E-state index >= 15 is 0 Å². The predicted octanol–water partition coefficient (Wildman–Crippen LogP) is 0.502. The third kappa shape index (κ3) is 3.36. The van der Waals surface area contributed by atoms with Crippen LogP contribution in [0.5, 0.6) is 0 Å². The van der Waals surface area contributed by atoms with E-state index in [0.29, 0.717) is 24.1 Å². The number of thioether (sulfide) groups is 1. The highest BCUT2D eigenvalue weighted by atomic mass is 32.2. The third-order valence-electron chi connectivity index (χ3n) is 2.52. The molecule has 1 N–H and O–H groups in total. The number of aromatic nitrogens is 5. The van der Waals surface area contributed by atoms with Gasteiger partial charge in [0.25, 0.3) is 0 Å². The van der Waals surface area contributed by atoms with Gasteiger partial charge in [-0.2, -0.15) is 5.10 Å². The molecular weight excluding hydrogens is 282 g/mol. The van der Waals surface area contributed by atoms with Crippen molar-refractivity contribution in [2.45, 2.75) is 11.7 Å². The van der Waals surface area contributed by atoms with E-state index in [4.69, 9.17) is 9.84 Å². The van der Waals surface area contributed by atoms with E-state index in [-0.39, 0.29) is 5.75 Å². The number of carboxylic acid groups (broad SMARTS) is 1. The lowest BCUT2D eigenvalue weighted by Gasteiger charge is -2.07. The van der Waals surface area contributed by atoms with Crippen molar-refractivity contribution in [1.82, 2.24) is 24.5 Å². The van der Waals surface area contributed by atoms with Gasteiger partial charge in [-0.15, -0.1) is 10.2 Å². The first-order valence-electron chi connectivity index (χ1n) is 5.87. The summed E-state index contributed by atoms with van der Waals surface area (Å²) < 4.78 is 8.59. The summed E-state index contributed by atoms with van der Waals surface area (Å²) in [4.78, 5) is 10.7. The van der Waals surface area contributed by atoms with Crippen LogP contribution in [0.15, 0.2) is 17.6 Å². The number of carbonyl (C=O) groups is 1. The number of carboxylic acids is 1. The molecule has 0 spiro atoms. The number of aryl methyl sites for hydroxylation is 1. The summed E-state index contributed by atoms with van der Waals surface area (Å²) in [7, 11) is 3.43. The molecule has 0 saturated carbocycles. The Morgan fingerprint density at radius 1 is 1.50 bits per heavy atom. The van der Waals surface area contributed by atoms with Crippen LogP contribution in [-0.2, 0) is 23.1 Å². The molecule has 8 nitrogen and oxygen atoms in total. The van der Waals surface area contributed by atoms with Crippen molar-refractivity contribution in [3.63, 3.8) is 0 Å². The zero-order chi connectivity index (χ0) is 14.5. The summed E-state index contributed by atoms with van der Waals surface area (Å²) in [6.45, 7) is 1.04. The fourth-order valence-electron chi connectivity index (χ4n) is 1.66. The van der Waals surface area contributed by atoms with Gasteiger partial charge in [0, 0.05) is 20.4 Å². The fourth-order valence-corrected chi connectivity index (χ4v) is 2.34. The number of ether oxygens (including phenoxy) is 1. The van der Waals surface area contributed by atoms with Gasteiger partial charge in [0.05, 0.1) is 30.7 Å². The Bertz CT molecular complexity index is 595. The fraction of sp³-hybridized carbons (Fsp3) is 0.455. The van der Waals surface area contributed by atoms with Gasteiger partial charge in [-0.3, -0.25) is 14.0 Å². The zero-order valence-corrected chi connectivity index (χ0v) is 12.0. The van der Waals surface area contributed by atoms with Gasteiger partial charge in [0.2, 0.25) is 0 Å². The van der Waals surface area contributed by atoms with Crippen molar-refractivity contribution in [3.8, 4) is 11.4 Å². The lowest BCUT2D eigenvalue weighted by molar-refractivity contribution is -0.133. The molecule has 0 aromatic carbocycles. The second-order valence-electron chi connectivity index (χ2n) is 4.04. The molecular formula is C11H15N5O3S. The monoisotopic (exact) mass is 297 g/mol. The molecule has 0 radical (unpaired) electrons. The molecule has 2 rings (SSSR count). The number of aliphatic carboxylic acids is 1. The van der Waals surface area contributed by atoms with Crippen molar-refractivity contribution < 1.29 is 14.6 Å². The lowest BCUT2D eigenvalue weighted by atomic mass is 10.3. The van der Waals surface area contributed by atoms with E-state index in [9.17, 15) is 4.79 Å². The highest BCUT2D eigenvalue weighted by Crippen LogP contribution is 2.23. The van der Waals surface area contributed by atoms with Crippen molar-refractivity contribution in [2.24, 2.45) is 7.05 Å². The molecule has 0 fully saturated rings. The van der Waals surface area contributed by atoms with E-state index in [1.807, 2.05) is 17.8 Å². The molecule has 20 heavy (non-hydrogen) atoms. The molecule has 2 heterocycles. The van der Waals surface area contributed by atoms with Crippen LogP contribution in [0.3, 0.4) is 0 Å². The van der Waals surface area contributed by atoms with Crippen molar-refractivity contribution in [3.05, 3.63) is 12.4 Å². The second kappa shape index (κ2) is 6.53. The number of hydrogen-bond acceptors (Lipinski definition) is 6. The largest absolute Gasteiger partial charge is 0.481 e. The van der Waals surface area contributed by atoms with Gasteiger partial charge in [-0.1, -0.05) is 11.8 Å². The van der Waals surface area contributed by atoms with Crippen molar-refractivity contribution >= 4 is 17.7 Å². The van der Waals surface area contributed by atoms with Crippen LogP contribution in [-0.4, -0.2) is 55.1 Å². The molecule has 108 valence electrons. The first-order chi connectivity index (χ1) is 9.61. The van der Waals surface area contributed by atoms with E-state index in [1.54, 1.807) is 18.0 Å². The van der Waals surface area contributed by atoms with Crippen LogP contribution < -0.4 is 0 Å². The zero-order valence-electron chi connectivity index (χ0n) is 11.2. The minimum Gasteiger partial charge on any atom is -0.481 e.